The van der Waals surface area contributed by atoms with Gasteiger partial charge < -0.3 is 0 Å². The summed E-state index contributed by atoms with van der Waals surface area (Å²) < 4.78 is 0. The van der Waals surface area contributed by atoms with Crippen molar-refractivity contribution in [3.05, 3.63) is 12.7 Å². The van der Waals surface area contributed by atoms with Gasteiger partial charge in [0.15, 0.2) is 0 Å². The van der Waals surface area contributed by atoms with Gasteiger partial charge >= 0.3 is 0 Å². The monoisotopic (exact) mass is 124 g/mol. The van der Waals surface area contributed by atoms with Gasteiger partial charge in [-0.05, 0) is 30.6 Å². The fourth-order valence-corrected chi connectivity index (χ4v) is 1.39. The van der Waals surface area contributed by atoms with Gasteiger partial charge in [-0.1, -0.05) is 19.9 Å². The Bertz CT molecular complexity index is 111. The highest BCUT2D eigenvalue weighted by Crippen LogP contribution is 2.53. The van der Waals surface area contributed by atoms with Crippen molar-refractivity contribution >= 4 is 0 Å². The first-order chi connectivity index (χ1) is 4.17. The van der Waals surface area contributed by atoms with Crippen LogP contribution in [0.4, 0.5) is 0 Å². The molecule has 0 bridgehead atoms. The Morgan fingerprint density at radius 3 is 2.56 bits per heavy atom. The number of hydrogen-bond acceptors (Lipinski definition) is 0. The van der Waals surface area contributed by atoms with Crippen LogP contribution in [0, 0.1) is 11.3 Å². The molecule has 0 amide bonds. The predicted octanol–water partition coefficient (Wildman–Crippen LogP) is 3.00. The third kappa shape index (κ3) is 1.57. The van der Waals surface area contributed by atoms with Gasteiger partial charge in [-0.2, -0.15) is 0 Å². The van der Waals surface area contributed by atoms with Crippen LogP contribution in [0.2, 0.25) is 0 Å². The second kappa shape index (κ2) is 2.17. The van der Waals surface area contributed by atoms with Crippen molar-refractivity contribution in [2.24, 2.45) is 11.3 Å². The molecule has 1 atom stereocenters. The average molecular weight is 124 g/mol. The summed E-state index contributed by atoms with van der Waals surface area (Å²) >= 11 is 0. The molecule has 0 aromatic rings. The van der Waals surface area contributed by atoms with E-state index >= 15 is 0 Å². The minimum Gasteiger partial charge on any atom is -0.103 e. The SMILES string of the molecule is C=CCCC1CC1(C)C. The zero-order valence-electron chi connectivity index (χ0n) is 6.48. The van der Waals surface area contributed by atoms with E-state index in [0.29, 0.717) is 5.41 Å². The van der Waals surface area contributed by atoms with Crippen molar-refractivity contribution in [2.75, 3.05) is 0 Å². The molecule has 0 heterocycles. The van der Waals surface area contributed by atoms with Crippen LogP contribution in [0.15, 0.2) is 12.7 Å². The maximum atomic E-state index is 3.71. The van der Waals surface area contributed by atoms with E-state index < -0.39 is 0 Å². The highest BCUT2D eigenvalue weighted by molar-refractivity contribution is 4.95. The van der Waals surface area contributed by atoms with E-state index in [1.165, 1.54) is 19.3 Å². The van der Waals surface area contributed by atoms with Gasteiger partial charge in [0.2, 0.25) is 0 Å². The Kier molecular flexibility index (Phi) is 1.65. The third-order valence-electron chi connectivity index (χ3n) is 2.44. The fraction of sp³-hybridized carbons (Fsp3) is 0.778. The summed E-state index contributed by atoms with van der Waals surface area (Å²) in [4.78, 5) is 0. The summed E-state index contributed by atoms with van der Waals surface area (Å²) in [6.07, 6.45) is 6.01. The molecule has 0 aromatic heterocycles. The molecule has 52 valence electrons. The van der Waals surface area contributed by atoms with Crippen LogP contribution >= 0.6 is 0 Å². The van der Waals surface area contributed by atoms with Gasteiger partial charge in [0.1, 0.15) is 0 Å². The van der Waals surface area contributed by atoms with E-state index in [9.17, 15) is 0 Å². The molecule has 0 aromatic carbocycles. The fourth-order valence-electron chi connectivity index (χ4n) is 1.39. The Hall–Kier alpha value is -0.260. The zero-order chi connectivity index (χ0) is 6.91. The van der Waals surface area contributed by atoms with Crippen LogP contribution in [0.25, 0.3) is 0 Å². The summed E-state index contributed by atoms with van der Waals surface area (Å²) in [6.45, 7) is 8.40. The third-order valence-corrected chi connectivity index (χ3v) is 2.44. The summed E-state index contributed by atoms with van der Waals surface area (Å²) in [5, 5.41) is 0. The minimum atomic E-state index is 0.670. The second-order valence-corrected chi connectivity index (χ2v) is 3.76. The van der Waals surface area contributed by atoms with E-state index in [-0.39, 0.29) is 0 Å². The van der Waals surface area contributed by atoms with Gasteiger partial charge in [-0.25, -0.2) is 0 Å². The Morgan fingerprint density at radius 2 is 2.22 bits per heavy atom. The maximum absolute atomic E-state index is 3.71. The van der Waals surface area contributed by atoms with Crippen molar-refractivity contribution < 1.29 is 0 Å². The standard InChI is InChI=1S/C9H16/c1-4-5-6-8-7-9(8,2)3/h4,8H,1,5-7H2,2-3H3. The van der Waals surface area contributed by atoms with Gasteiger partial charge in [0.25, 0.3) is 0 Å². The zero-order valence-corrected chi connectivity index (χ0v) is 6.48. The molecular weight excluding hydrogens is 108 g/mol. The number of hydrogen-bond donors (Lipinski definition) is 0. The van der Waals surface area contributed by atoms with Gasteiger partial charge in [-0.3, -0.25) is 0 Å². The minimum absolute atomic E-state index is 0.670. The normalized spacial score (nSPS) is 29.8. The number of allylic oxidation sites excluding steroid dienone is 1. The molecule has 0 nitrogen and oxygen atoms in total. The van der Waals surface area contributed by atoms with Crippen molar-refractivity contribution in [3.63, 3.8) is 0 Å². The maximum Gasteiger partial charge on any atom is -0.0323 e. The lowest BCUT2D eigenvalue weighted by Gasteiger charge is -1.98. The molecule has 0 heteroatoms. The smallest absolute Gasteiger partial charge is 0.0323 e. The van der Waals surface area contributed by atoms with Crippen LogP contribution in [-0.2, 0) is 0 Å². The average Bonchev–Trinajstić information content (AvgIpc) is 2.35. The lowest BCUT2D eigenvalue weighted by atomic mass is 10.1. The highest BCUT2D eigenvalue weighted by Gasteiger charge is 2.44. The van der Waals surface area contributed by atoms with Crippen molar-refractivity contribution in [1.29, 1.82) is 0 Å². The summed E-state index contributed by atoms with van der Waals surface area (Å²) in [5.41, 5.74) is 0.670. The lowest BCUT2D eigenvalue weighted by Crippen LogP contribution is -1.88. The van der Waals surface area contributed by atoms with Crippen molar-refractivity contribution in [3.8, 4) is 0 Å². The van der Waals surface area contributed by atoms with Gasteiger partial charge in [-0.15, -0.1) is 6.58 Å². The highest BCUT2D eigenvalue weighted by atomic mass is 14.5. The molecule has 0 N–H and O–H groups in total. The van der Waals surface area contributed by atoms with E-state index in [2.05, 4.69) is 20.4 Å². The predicted molar refractivity (Wildman–Crippen MR) is 41.3 cm³/mol. The first-order valence-corrected chi connectivity index (χ1v) is 3.78. The number of rotatable bonds is 3. The van der Waals surface area contributed by atoms with Gasteiger partial charge in [0, 0.05) is 0 Å². The van der Waals surface area contributed by atoms with Crippen LogP contribution in [0.1, 0.15) is 33.1 Å². The quantitative estimate of drug-likeness (QED) is 0.507. The molecule has 9 heavy (non-hydrogen) atoms. The molecule has 0 aliphatic heterocycles. The van der Waals surface area contributed by atoms with Crippen LogP contribution < -0.4 is 0 Å². The molecule has 0 radical (unpaired) electrons. The molecular formula is C9H16. The molecule has 1 unspecified atom stereocenters. The Morgan fingerprint density at radius 1 is 1.67 bits per heavy atom. The topological polar surface area (TPSA) is 0 Å². The van der Waals surface area contributed by atoms with E-state index in [1.807, 2.05) is 6.08 Å². The molecule has 1 saturated carbocycles. The molecule has 1 rings (SSSR count). The molecule has 1 fully saturated rings. The van der Waals surface area contributed by atoms with E-state index in [1.54, 1.807) is 0 Å². The Labute approximate surface area is 58.0 Å². The molecule has 1 aliphatic carbocycles. The second-order valence-electron chi connectivity index (χ2n) is 3.76. The van der Waals surface area contributed by atoms with Crippen molar-refractivity contribution in [1.82, 2.24) is 0 Å². The molecule has 0 spiro atoms. The summed E-state index contributed by atoms with van der Waals surface area (Å²) in [7, 11) is 0. The summed E-state index contributed by atoms with van der Waals surface area (Å²) in [5.74, 6) is 0.996. The summed E-state index contributed by atoms with van der Waals surface area (Å²) in [6, 6.07) is 0. The van der Waals surface area contributed by atoms with Crippen molar-refractivity contribution in [2.45, 2.75) is 33.1 Å². The lowest BCUT2D eigenvalue weighted by molar-refractivity contribution is 0.536. The first kappa shape index (κ1) is 6.85. The molecule has 1 aliphatic rings. The van der Waals surface area contributed by atoms with Gasteiger partial charge in [0.05, 0.1) is 0 Å². The molecule has 0 saturated heterocycles. The Balaban J connectivity index is 2.12. The first-order valence-electron chi connectivity index (χ1n) is 3.78. The largest absolute Gasteiger partial charge is 0.103 e. The van der Waals surface area contributed by atoms with E-state index in [0.717, 1.165) is 5.92 Å². The van der Waals surface area contributed by atoms with E-state index in [4.69, 9.17) is 0 Å². The van der Waals surface area contributed by atoms with Crippen LogP contribution in [0.3, 0.4) is 0 Å². The van der Waals surface area contributed by atoms with Crippen LogP contribution in [0.5, 0.6) is 0 Å². The van der Waals surface area contributed by atoms with Crippen LogP contribution in [-0.4, -0.2) is 0 Å².